The van der Waals surface area contributed by atoms with E-state index in [9.17, 15) is 0 Å². The van der Waals surface area contributed by atoms with E-state index in [-0.39, 0.29) is 50.9 Å². The van der Waals surface area contributed by atoms with Gasteiger partial charge in [-0.25, -0.2) is 4.39 Å². The van der Waals surface area contributed by atoms with Crippen LogP contribution in [-0.2, 0) is 6.42 Å². The Labute approximate surface area is 203 Å². The van der Waals surface area contributed by atoms with Gasteiger partial charge < -0.3 is 9.15 Å². The monoisotopic (exact) mass is 511 g/mol. The van der Waals surface area contributed by atoms with Crippen molar-refractivity contribution in [1.29, 1.82) is 5.26 Å². The van der Waals surface area contributed by atoms with E-state index in [1.807, 2.05) is 6.07 Å². The topological polar surface area (TPSA) is 71.9 Å². The zero-order chi connectivity index (χ0) is 23.4. The lowest BCUT2D eigenvalue weighted by atomic mass is 10.1. The van der Waals surface area contributed by atoms with Crippen LogP contribution in [-0.4, -0.2) is 10.2 Å². The maximum absolute atomic E-state index is 15.2. The van der Waals surface area contributed by atoms with Gasteiger partial charge in [0.05, 0.1) is 28.6 Å². The Morgan fingerprint density at radius 1 is 1.19 bits per heavy atom. The van der Waals surface area contributed by atoms with Gasteiger partial charge >= 0.3 is 0 Å². The third-order valence-electron chi connectivity index (χ3n) is 4.10. The van der Waals surface area contributed by atoms with Crippen LogP contribution in [0.5, 0.6) is 11.5 Å². The van der Waals surface area contributed by atoms with Crippen molar-refractivity contribution in [2.24, 2.45) is 0 Å². The number of rotatable bonds is 6. The lowest BCUT2D eigenvalue weighted by molar-refractivity contribution is 0.436. The quantitative estimate of drug-likeness (QED) is 0.314. The molecule has 0 fully saturated rings. The van der Waals surface area contributed by atoms with Gasteiger partial charge in [0.15, 0.2) is 11.6 Å². The molecular formula is C22H14Cl4FN3O2. The van der Waals surface area contributed by atoms with Crippen molar-refractivity contribution in [2.75, 3.05) is 0 Å². The summed E-state index contributed by atoms with van der Waals surface area (Å²) >= 11 is 24.1. The number of benzene rings is 2. The van der Waals surface area contributed by atoms with Gasteiger partial charge in [0.25, 0.3) is 0 Å². The molecule has 0 N–H and O–H groups in total. The SMILES string of the molecule is C/C(Cl)=C(\C=C(/C)Cl)c1nnc(Cc2ccc(Cl)c(Oc3cc(Cl)cc(C#N)c3)c2F)o1. The van der Waals surface area contributed by atoms with Crippen LogP contribution in [0.3, 0.4) is 0 Å². The molecule has 32 heavy (non-hydrogen) atoms. The van der Waals surface area contributed by atoms with Crippen LogP contribution in [0.25, 0.3) is 5.57 Å². The minimum atomic E-state index is -0.712. The summed E-state index contributed by atoms with van der Waals surface area (Å²) in [6, 6.07) is 9.25. The van der Waals surface area contributed by atoms with Crippen LogP contribution in [0.15, 0.2) is 50.9 Å². The molecule has 10 heteroatoms. The molecule has 0 aliphatic rings. The van der Waals surface area contributed by atoms with Gasteiger partial charge in [0, 0.05) is 20.7 Å². The van der Waals surface area contributed by atoms with Crippen LogP contribution >= 0.6 is 46.4 Å². The molecule has 0 spiro atoms. The molecule has 0 aliphatic heterocycles. The standard InChI is InChI=1S/C22H14Cl4FN3O2/c1-11(23)5-17(12(2)24)22-30-29-19(32-22)8-14-3-4-18(26)21(20(14)27)31-16-7-13(10-28)6-15(25)9-16/h3-7,9H,8H2,1-2H3/b11-5+,17-12-. The first-order valence-corrected chi connectivity index (χ1v) is 10.6. The summed E-state index contributed by atoms with van der Waals surface area (Å²) in [6.45, 7) is 3.34. The summed E-state index contributed by atoms with van der Waals surface area (Å²) < 4.78 is 26.4. The van der Waals surface area contributed by atoms with E-state index < -0.39 is 5.82 Å². The number of nitriles is 1. The number of hydrogen-bond acceptors (Lipinski definition) is 5. The molecule has 1 heterocycles. The number of allylic oxidation sites excluding steroid dienone is 4. The Kier molecular flexibility index (Phi) is 7.81. The average Bonchev–Trinajstić information content (AvgIpc) is 3.19. The summed E-state index contributed by atoms with van der Waals surface area (Å²) in [4.78, 5) is 0. The molecule has 0 atom stereocenters. The Morgan fingerprint density at radius 2 is 1.94 bits per heavy atom. The number of ether oxygens (including phenoxy) is 1. The summed E-state index contributed by atoms with van der Waals surface area (Å²) in [7, 11) is 0. The summed E-state index contributed by atoms with van der Waals surface area (Å²) in [6.07, 6.45) is 1.57. The minimum absolute atomic E-state index is 0.0243. The number of aromatic nitrogens is 2. The number of nitrogens with zero attached hydrogens (tertiary/aromatic N) is 3. The van der Waals surface area contributed by atoms with Crippen LogP contribution in [0.4, 0.5) is 4.39 Å². The van der Waals surface area contributed by atoms with Crippen LogP contribution in [0.1, 0.15) is 36.8 Å². The smallest absolute Gasteiger partial charge is 0.248 e. The van der Waals surface area contributed by atoms with E-state index >= 15 is 4.39 Å². The number of hydrogen-bond donors (Lipinski definition) is 0. The first-order valence-electron chi connectivity index (χ1n) is 9.06. The van der Waals surface area contributed by atoms with E-state index in [1.54, 1.807) is 19.9 Å². The lowest BCUT2D eigenvalue weighted by Gasteiger charge is -2.12. The van der Waals surface area contributed by atoms with Gasteiger partial charge in [-0.3, -0.25) is 0 Å². The fourth-order valence-electron chi connectivity index (χ4n) is 2.71. The van der Waals surface area contributed by atoms with Gasteiger partial charge in [0.1, 0.15) is 5.75 Å². The van der Waals surface area contributed by atoms with Crippen molar-refractivity contribution < 1.29 is 13.5 Å². The molecular weight excluding hydrogens is 499 g/mol. The van der Waals surface area contributed by atoms with Gasteiger partial charge in [-0.05, 0) is 44.2 Å². The Balaban J connectivity index is 1.91. The number of halogens is 5. The highest BCUT2D eigenvalue weighted by Gasteiger charge is 2.19. The highest BCUT2D eigenvalue weighted by molar-refractivity contribution is 6.34. The van der Waals surface area contributed by atoms with E-state index in [2.05, 4.69) is 10.2 Å². The molecule has 3 aromatic rings. The van der Waals surface area contributed by atoms with E-state index in [1.165, 1.54) is 30.3 Å². The van der Waals surface area contributed by atoms with Gasteiger partial charge in [-0.1, -0.05) is 52.5 Å². The van der Waals surface area contributed by atoms with Crippen LogP contribution in [0, 0.1) is 17.1 Å². The van der Waals surface area contributed by atoms with E-state index in [4.69, 9.17) is 60.8 Å². The van der Waals surface area contributed by atoms with E-state index in [0.717, 1.165) is 0 Å². The van der Waals surface area contributed by atoms with Crippen molar-refractivity contribution in [3.63, 3.8) is 0 Å². The maximum atomic E-state index is 15.2. The summed E-state index contributed by atoms with van der Waals surface area (Å²) in [5, 5.41) is 18.2. The van der Waals surface area contributed by atoms with Crippen LogP contribution in [0.2, 0.25) is 10.0 Å². The zero-order valence-electron chi connectivity index (χ0n) is 16.7. The second-order valence-corrected chi connectivity index (χ2v) is 8.60. The van der Waals surface area contributed by atoms with Gasteiger partial charge in [-0.2, -0.15) is 5.26 Å². The minimum Gasteiger partial charge on any atom is -0.453 e. The Bertz CT molecular complexity index is 1270. The molecule has 3 rings (SSSR count). The van der Waals surface area contributed by atoms with Crippen molar-refractivity contribution in [3.8, 4) is 17.6 Å². The second-order valence-electron chi connectivity index (χ2n) is 6.60. The third-order valence-corrected chi connectivity index (χ3v) is 4.93. The lowest BCUT2D eigenvalue weighted by Crippen LogP contribution is -1.98. The molecule has 0 aliphatic carbocycles. The van der Waals surface area contributed by atoms with Crippen molar-refractivity contribution in [2.45, 2.75) is 20.3 Å². The van der Waals surface area contributed by atoms with Gasteiger partial charge in [0.2, 0.25) is 11.8 Å². The van der Waals surface area contributed by atoms with Crippen molar-refractivity contribution in [1.82, 2.24) is 10.2 Å². The predicted octanol–water partition coefficient (Wildman–Crippen LogP) is 7.88. The highest BCUT2D eigenvalue weighted by atomic mass is 35.5. The second kappa shape index (κ2) is 10.4. The normalized spacial score (nSPS) is 12.4. The van der Waals surface area contributed by atoms with Crippen LogP contribution < -0.4 is 4.74 Å². The average molecular weight is 513 g/mol. The molecule has 0 radical (unpaired) electrons. The fourth-order valence-corrected chi connectivity index (χ4v) is 3.37. The molecule has 0 saturated heterocycles. The van der Waals surface area contributed by atoms with Crippen molar-refractivity contribution >= 4 is 52.0 Å². The predicted molar refractivity (Wildman–Crippen MR) is 123 cm³/mol. The molecule has 5 nitrogen and oxygen atoms in total. The maximum Gasteiger partial charge on any atom is 0.248 e. The van der Waals surface area contributed by atoms with Crippen molar-refractivity contribution in [3.05, 3.63) is 85.2 Å². The molecule has 164 valence electrons. The first kappa shape index (κ1) is 24.1. The fraction of sp³-hybridized carbons (Fsp3) is 0.136. The molecule has 0 unspecified atom stereocenters. The zero-order valence-corrected chi connectivity index (χ0v) is 19.7. The van der Waals surface area contributed by atoms with Gasteiger partial charge in [-0.15, -0.1) is 10.2 Å². The summed E-state index contributed by atoms with van der Waals surface area (Å²) in [5.74, 6) is -0.453. The first-order chi connectivity index (χ1) is 15.2. The molecule has 1 aromatic heterocycles. The molecule has 0 saturated carbocycles. The highest BCUT2D eigenvalue weighted by Crippen LogP contribution is 2.36. The third kappa shape index (κ3) is 5.81. The Morgan fingerprint density at radius 3 is 2.59 bits per heavy atom. The summed E-state index contributed by atoms with van der Waals surface area (Å²) in [5.41, 5.74) is 0.936. The Hall–Kier alpha value is -2.56. The molecule has 0 bridgehead atoms. The molecule has 2 aromatic carbocycles. The van der Waals surface area contributed by atoms with E-state index in [0.29, 0.717) is 15.6 Å². The largest absolute Gasteiger partial charge is 0.453 e. The molecule has 0 amide bonds.